The highest BCUT2D eigenvalue weighted by Gasteiger charge is 2.31. The van der Waals surface area contributed by atoms with Gasteiger partial charge in [-0.25, -0.2) is 0 Å². The van der Waals surface area contributed by atoms with Crippen LogP contribution in [0.1, 0.15) is 28.4 Å². The van der Waals surface area contributed by atoms with Gasteiger partial charge in [0.25, 0.3) is 0 Å². The summed E-state index contributed by atoms with van der Waals surface area (Å²) in [5.74, 6) is 0.104. The van der Waals surface area contributed by atoms with E-state index < -0.39 is 36.2 Å². The Balaban J connectivity index is 2.22. The summed E-state index contributed by atoms with van der Waals surface area (Å²) in [5, 5.41) is 9.42. The molecule has 25 heavy (non-hydrogen) atoms. The predicted octanol–water partition coefficient (Wildman–Crippen LogP) is 5.15. The lowest BCUT2D eigenvalue weighted by Gasteiger charge is -2.20. The van der Waals surface area contributed by atoms with Gasteiger partial charge in [-0.1, -0.05) is 12.1 Å². The molecule has 1 atom stereocenters. The maximum absolute atomic E-state index is 12.7. The van der Waals surface area contributed by atoms with Crippen molar-refractivity contribution in [2.45, 2.75) is 25.4 Å². The Morgan fingerprint density at radius 2 is 1.40 bits per heavy atom. The Morgan fingerprint density at radius 1 is 0.880 bits per heavy atom. The summed E-state index contributed by atoms with van der Waals surface area (Å²) < 4.78 is 81.1. The standard InChI is InChI=1S/C17H14F6O2/c1-10-8-13(17(21,22)23)6-7-14(10)25-15(9-24)11-2-4-12(5-3-11)16(18,19)20/h2-8,15,24H,9H2,1H3. The van der Waals surface area contributed by atoms with Crippen LogP contribution in [0.2, 0.25) is 0 Å². The number of hydrogen-bond donors (Lipinski definition) is 1. The van der Waals surface area contributed by atoms with Gasteiger partial charge in [0.2, 0.25) is 0 Å². The fraction of sp³-hybridized carbons (Fsp3) is 0.294. The lowest BCUT2D eigenvalue weighted by atomic mass is 10.1. The lowest BCUT2D eigenvalue weighted by molar-refractivity contribution is -0.138. The highest BCUT2D eigenvalue weighted by atomic mass is 19.4. The van der Waals surface area contributed by atoms with Crippen molar-refractivity contribution >= 4 is 0 Å². The van der Waals surface area contributed by atoms with Gasteiger partial charge in [-0.05, 0) is 48.4 Å². The number of aliphatic hydroxyl groups is 1. The van der Waals surface area contributed by atoms with Crippen molar-refractivity contribution < 1.29 is 36.2 Å². The molecular formula is C17H14F6O2. The molecule has 0 aromatic heterocycles. The minimum absolute atomic E-state index is 0.104. The van der Waals surface area contributed by atoms with Crippen LogP contribution in [0.5, 0.6) is 5.75 Å². The number of benzene rings is 2. The molecule has 2 rings (SSSR count). The first-order chi connectivity index (χ1) is 11.5. The minimum Gasteiger partial charge on any atom is -0.483 e. The van der Waals surface area contributed by atoms with Crippen molar-refractivity contribution in [3.63, 3.8) is 0 Å². The van der Waals surface area contributed by atoms with Crippen LogP contribution in [0.25, 0.3) is 0 Å². The van der Waals surface area contributed by atoms with E-state index in [0.717, 1.165) is 42.5 Å². The Hall–Kier alpha value is -2.22. The summed E-state index contributed by atoms with van der Waals surface area (Å²) >= 11 is 0. The van der Waals surface area contributed by atoms with E-state index in [-0.39, 0.29) is 16.9 Å². The van der Waals surface area contributed by atoms with E-state index in [2.05, 4.69) is 0 Å². The van der Waals surface area contributed by atoms with Crippen LogP contribution < -0.4 is 4.74 Å². The molecule has 0 heterocycles. The number of rotatable bonds is 4. The number of alkyl halides is 6. The summed E-state index contributed by atoms with van der Waals surface area (Å²) in [5.41, 5.74) is -1.22. The topological polar surface area (TPSA) is 29.5 Å². The van der Waals surface area contributed by atoms with E-state index in [9.17, 15) is 31.4 Å². The second-order valence-electron chi connectivity index (χ2n) is 5.39. The number of halogens is 6. The van der Waals surface area contributed by atoms with Crippen LogP contribution in [-0.4, -0.2) is 11.7 Å². The van der Waals surface area contributed by atoms with Crippen LogP contribution in [-0.2, 0) is 12.4 Å². The Bertz CT molecular complexity index is 719. The van der Waals surface area contributed by atoms with Gasteiger partial charge in [0, 0.05) is 0 Å². The number of hydrogen-bond acceptors (Lipinski definition) is 2. The molecule has 0 fully saturated rings. The number of ether oxygens (including phenoxy) is 1. The summed E-state index contributed by atoms with van der Waals surface area (Å²) in [7, 11) is 0. The quantitative estimate of drug-likeness (QED) is 0.761. The third-order valence-electron chi connectivity index (χ3n) is 3.55. The Kier molecular flexibility index (Phi) is 5.31. The van der Waals surface area contributed by atoms with Crippen molar-refractivity contribution in [3.8, 4) is 5.75 Å². The van der Waals surface area contributed by atoms with Crippen LogP contribution in [0.15, 0.2) is 42.5 Å². The van der Waals surface area contributed by atoms with Crippen LogP contribution >= 0.6 is 0 Å². The molecule has 8 heteroatoms. The number of aryl methyl sites for hydroxylation is 1. The van der Waals surface area contributed by atoms with E-state index in [1.165, 1.54) is 6.92 Å². The van der Waals surface area contributed by atoms with Gasteiger partial charge < -0.3 is 9.84 Å². The molecule has 0 spiro atoms. The normalized spacial score (nSPS) is 13.6. The summed E-state index contributed by atoms with van der Waals surface area (Å²) in [4.78, 5) is 0. The third kappa shape index (κ3) is 4.66. The Labute approximate surface area is 139 Å². The minimum atomic E-state index is -4.49. The molecule has 0 aliphatic heterocycles. The van der Waals surface area contributed by atoms with Crippen molar-refractivity contribution in [1.29, 1.82) is 0 Å². The molecule has 1 unspecified atom stereocenters. The van der Waals surface area contributed by atoms with Gasteiger partial charge in [0.05, 0.1) is 17.7 Å². The fourth-order valence-electron chi connectivity index (χ4n) is 2.21. The molecule has 0 saturated heterocycles. The summed E-state index contributed by atoms with van der Waals surface area (Å²) in [6.07, 6.45) is -9.98. The lowest BCUT2D eigenvalue weighted by Crippen LogP contribution is -2.14. The second kappa shape index (κ2) is 6.95. The second-order valence-corrected chi connectivity index (χ2v) is 5.39. The van der Waals surface area contributed by atoms with E-state index in [1.807, 2.05) is 0 Å². The average Bonchev–Trinajstić information content (AvgIpc) is 2.52. The maximum Gasteiger partial charge on any atom is 0.416 e. The maximum atomic E-state index is 12.7. The molecule has 1 N–H and O–H groups in total. The van der Waals surface area contributed by atoms with Crippen LogP contribution in [0.4, 0.5) is 26.3 Å². The largest absolute Gasteiger partial charge is 0.483 e. The van der Waals surface area contributed by atoms with Crippen molar-refractivity contribution in [3.05, 3.63) is 64.7 Å². The van der Waals surface area contributed by atoms with Crippen molar-refractivity contribution in [2.24, 2.45) is 0 Å². The molecule has 0 bridgehead atoms. The highest BCUT2D eigenvalue weighted by molar-refractivity contribution is 5.38. The molecule has 0 amide bonds. The molecule has 2 aromatic carbocycles. The van der Waals surface area contributed by atoms with Crippen LogP contribution in [0.3, 0.4) is 0 Å². The SMILES string of the molecule is Cc1cc(C(F)(F)F)ccc1OC(CO)c1ccc(C(F)(F)F)cc1. The van der Waals surface area contributed by atoms with Crippen molar-refractivity contribution in [1.82, 2.24) is 0 Å². The highest BCUT2D eigenvalue weighted by Crippen LogP contribution is 2.34. The molecule has 0 saturated carbocycles. The fourth-order valence-corrected chi connectivity index (χ4v) is 2.21. The van der Waals surface area contributed by atoms with E-state index >= 15 is 0 Å². The van der Waals surface area contributed by atoms with E-state index in [1.54, 1.807) is 0 Å². The molecule has 136 valence electrons. The molecule has 2 aromatic rings. The van der Waals surface area contributed by atoms with Gasteiger partial charge in [-0.2, -0.15) is 26.3 Å². The van der Waals surface area contributed by atoms with Gasteiger partial charge in [-0.15, -0.1) is 0 Å². The molecule has 0 radical (unpaired) electrons. The van der Waals surface area contributed by atoms with Crippen LogP contribution in [0, 0.1) is 6.92 Å². The van der Waals surface area contributed by atoms with Gasteiger partial charge in [-0.3, -0.25) is 0 Å². The number of aliphatic hydroxyl groups excluding tert-OH is 1. The molecule has 2 nitrogen and oxygen atoms in total. The summed E-state index contributed by atoms with van der Waals surface area (Å²) in [6.45, 7) is 0.859. The first-order valence-corrected chi connectivity index (χ1v) is 7.15. The zero-order valence-corrected chi connectivity index (χ0v) is 12.9. The predicted molar refractivity (Wildman–Crippen MR) is 78.1 cm³/mol. The zero-order chi connectivity index (χ0) is 18.8. The van der Waals surface area contributed by atoms with Gasteiger partial charge >= 0.3 is 12.4 Å². The summed E-state index contributed by atoms with van der Waals surface area (Å²) in [6, 6.07) is 6.86. The smallest absolute Gasteiger partial charge is 0.416 e. The molecule has 0 aliphatic rings. The van der Waals surface area contributed by atoms with Crippen molar-refractivity contribution in [2.75, 3.05) is 6.61 Å². The Morgan fingerprint density at radius 3 is 1.84 bits per heavy atom. The molecular weight excluding hydrogens is 350 g/mol. The van der Waals surface area contributed by atoms with E-state index in [4.69, 9.17) is 4.74 Å². The first kappa shape index (κ1) is 19.1. The van der Waals surface area contributed by atoms with Gasteiger partial charge in [0.15, 0.2) is 0 Å². The monoisotopic (exact) mass is 364 g/mol. The van der Waals surface area contributed by atoms with Gasteiger partial charge in [0.1, 0.15) is 11.9 Å². The average molecular weight is 364 g/mol. The first-order valence-electron chi connectivity index (χ1n) is 7.15. The molecule has 0 aliphatic carbocycles. The zero-order valence-electron chi connectivity index (χ0n) is 12.9. The van der Waals surface area contributed by atoms with E-state index in [0.29, 0.717) is 0 Å². The third-order valence-corrected chi connectivity index (χ3v) is 3.55.